The van der Waals surface area contributed by atoms with Gasteiger partial charge in [-0.15, -0.1) is 0 Å². The van der Waals surface area contributed by atoms with Crippen molar-refractivity contribution in [3.05, 3.63) is 143 Å². The number of hydrogen-bond acceptors (Lipinski definition) is 10. The van der Waals surface area contributed by atoms with Gasteiger partial charge in [0.25, 0.3) is 0 Å². The van der Waals surface area contributed by atoms with Gasteiger partial charge in [-0.25, -0.2) is 24.2 Å². The number of carbonyl (C=O) groups excluding carboxylic acids is 4. The monoisotopic (exact) mass is 1310 g/mol. The topological polar surface area (TPSA) is 194 Å². The van der Waals surface area contributed by atoms with Gasteiger partial charge in [-0.3, -0.25) is 36.1 Å². The van der Waals surface area contributed by atoms with Gasteiger partial charge in [-0.1, -0.05) is 142 Å². The van der Waals surface area contributed by atoms with Crippen LogP contribution in [0.2, 0.25) is 0 Å². The second-order valence-corrected chi connectivity index (χ2v) is 29.0. The minimum absolute atomic E-state index is 0.373. The van der Waals surface area contributed by atoms with E-state index < -0.39 is 34.6 Å². The molecule has 6 rings (SSSR count). The average molecular weight is 1310 g/mol. The zero-order valence-electron chi connectivity index (χ0n) is 62.8. The SMILES string of the molecule is C=Nc1cc(C)c(N(CCCCCCCCCN(C(=O)OC(C)(C)C)c2cc([NH2+]c3ccccc3)c(N=C3C=C(C)C(NC(=O)OC(C)(C)C)=CC3)cc2C)C(=O)OC(C)(C)C)cc1[NH2+]c1ccccc1.CC.CC.CC(C)(C)C.CC1=CCCC=C1NC(=O)OC(C)(C)C. The van der Waals surface area contributed by atoms with Crippen LogP contribution in [0.1, 0.15) is 228 Å². The lowest BCUT2D eigenvalue weighted by Gasteiger charge is -2.29. The van der Waals surface area contributed by atoms with Crippen molar-refractivity contribution in [2.24, 2.45) is 15.4 Å². The number of para-hydroxylation sites is 2. The first kappa shape index (κ1) is 83.3. The summed E-state index contributed by atoms with van der Waals surface area (Å²) in [4.78, 5) is 64.8. The van der Waals surface area contributed by atoms with E-state index in [9.17, 15) is 19.2 Å². The number of nitrogens with two attached hydrogens (primary N) is 2. The van der Waals surface area contributed by atoms with E-state index in [-0.39, 0.29) is 12.2 Å². The molecule has 0 fully saturated rings. The van der Waals surface area contributed by atoms with E-state index in [0.717, 1.165) is 137 Å². The maximum atomic E-state index is 14.0. The van der Waals surface area contributed by atoms with Crippen LogP contribution < -0.4 is 31.1 Å². The van der Waals surface area contributed by atoms with Crippen molar-refractivity contribution in [1.82, 2.24) is 10.6 Å². The molecule has 4 amide bonds. The molecule has 2 aliphatic rings. The molecule has 0 bridgehead atoms. The normalized spacial score (nSPS) is 13.5. The highest BCUT2D eigenvalue weighted by Crippen LogP contribution is 2.36. The van der Waals surface area contributed by atoms with Gasteiger partial charge in [-0.2, -0.15) is 0 Å². The molecule has 0 unspecified atom stereocenters. The van der Waals surface area contributed by atoms with Gasteiger partial charge in [0, 0.05) is 48.7 Å². The summed E-state index contributed by atoms with van der Waals surface area (Å²) in [6, 6.07) is 28.2. The minimum atomic E-state index is -0.684. The van der Waals surface area contributed by atoms with Crippen molar-refractivity contribution in [2.45, 2.75) is 253 Å². The summed E-state index contributed by atoms with van der Waals surface area (Å²) >= 11 is 0. The number of nitrogens with one attached hydrogen (secondary N) is 2. The lowest BCUT2D eigenvalue weighted by Crippen LogP contribution is -2.71. The lowest BCUT2D eigenvalue weighted by molar-refractivity contribution is -0.478. The first-order chi connectivity index (χ1) is 44.4. The molecule has 0 spiro atoms. The fraction of sp³-hybridized carbons (Fsp3) is 0.519. The van der Waals surface area contributed by atoms with Crippen molar-refractivity contribution >= 4 is 82.3 Å². The van der Waals surface area contributed by atoms with Gasteiger partial charge in [-0.05, 0) is 213 Å². The maximum Gasteiger partial charge on any atom is 0.414 e. The lowest BCUT2D eigenvalue weighted by atomic mass is 10.0. The maximum absolute atomic E-state index is 14.0. The van der Waals surface area contributed by atoms with Crippen molar-refractivity contribution < 1.29 is 48.8 Å². The summed E-state index contributed by atoms with van der Waals surface area (Å²) in [5.74, 6) is 0. The van der Waals surface area contributed by atoms with Gasteiger partial charge in [0.1, 0.15) is 45.2 Å². The third kappa shape index (κ3) is 33.9. The number of anilines is 2. The van der Waals surface area contributed by atoms with Crippen LogP contribution in [0.15, 0.2) is 142 Å². The third-order valence-electron chi connectivity index (χ3n) is 13.4. The highest BCUT2D eigenvalue weighted by atomic mass is 16.6. The molecule has 0 heterocycles. The van der Waals surface area contributed by atoms with Crippen LogP contribution in [-0.4, -0.2) is 72.3 Å². The largest absolute Gasteiger partial charge is 0.444 e. The van der Waals surface area contributed by atoms with Gasteiger partial charge >= 0.3 is 24.4 Å². The Morgan fingerprint density at radius 1 is 0.484 bits per heavy atom. The fourth-order valence-corrected chi connectivity index (χ4v) is 9.49. The van der Waals surface area contributed by atoms with E-state index in [1.165, 1.54) is 0 Å². The molecule has 2 aliphatic carbocycles. The minimum Gasteiger partial charge on any atom is -0.444 e. The number of rotatable bonds is 20. The molecule has 524 valence electrons. The Morgan fingerprint density at radius 3 is 1.21 bits per heavy atom. The Kier molecular flexibility index (Phi) is 35.0. The van der Waals surface area contributed by atoms with Crippen LogP contribution in [0.4, 0.5) is 64.7 Å². The van der Waals surface area contributed by atoms with E-state index >= 15 is 0 Å². The first-order valence-electron chi connectivity index (χ1n) is 34.3. The molecule has 16 heteroatoms. The number of unbranched alkanes of at least 4 members (excludes halogenated alkanes) is 6. The molecule has 16 nitrogen and oxygen atoms in total. The summed E-state index contributed by atoms with van der Waals surface area (Å²) in [5.41, 5.74) is 11.2. The number of amides is 4. The van der Waals surface area contributed by atoms with E-state index in [1.807, 2.05) is 242 Å². The number of nitrogens with zero attached hydrogens (tertiary/aromatic N) is 4. The van der Waals surface area contributed by atoms with E-state index in [2.05, 4.69) is 66.7 Å². The van der Waals surface area contributed by atoms with Crippen molar-refractivity contribution in [2.75, 3.05) is 22.9 Å². The fourth-order valence-electron chi connectivity index (χ4n) is 9.49. The van der Waals surface area contributed by atoms with Gasteiger partial charge in [0.05, 0.1) is 11.4 Å². The van der Waals surface area contributed by atoms with Crippen LogP contribution in [0.5, 0.6) is 0 Å². The Balaban J connectivity index is 0.00000108. The molecule has 0 saturated carbocycles. The second-order valence-electron chi connectivity index (χ2n) is 29.0. The number of allylic oxidation sites excluding steroid dienone is 6. The molecular formula is C79H122N8O8+2. The van der Waals surface area contributed by atoms with Gasteiger partial charge in [0.15, 0.2) is 11.4 Å². The van der Waals surface area contributed by atoms with E-state index in [4.69, 9.17) is 23.9 Å². The van der Waals surface area contributed by atoms with Crippen LogP contribution >= 0.6 is 0 Å². The highest BCUT2D eigenvalue weighted by molar-refractivity contribution is 6.01. The smallest absolute Gasteiger partial charge is 0.414 e. The van der Waals surface area contributed by atoms with Gasteiger partial charge in [0.2, 0.25) is 0 Å². The summed E-state index contributed by atoms with van der Waals surface area (Å²) in [6.45, 7) is 51.9. The molecule has 0 aromatic heterocycles. The predicted octanol–water partition coefficient (Wildman–Crippen LogP) is 20.7. The Morgan fingerprint density at radius 2 is 0.842 bits per heavy atom. The number of quaternary nitrogens is 2. The molecule has 4 aromatic carbocycles. The van der Waals surface area contributed by atoms with Crippen LogP contribution in [0.3, 0.4) is 0 Å². The molecule has 95 heavy (non-hydrogen) atoms. The van der Waals surface area contributed by atoms with Crippen LogP contribution in [0.25, 0.3) is 0 Å². The molecule has 0 atom stereocenters. The van der Waals surface area contributed by atoms with Crippen LogP contribution in [-0.2, 0) is 18.9 Å². The molecule has 4 aromatic rings. The third-order valence-corrected chi connectivity index (χ3v) is 13.4. The number of aliphatic imine (C=N–C) groups is 2. The Hall–Kier alpha value is -7.82. The summed E-state index contributed by atoms with van der Waals surface area (Å²) in [5, 5.41) is 9.78. The molecule has 6 N–H and O–H groups in total. The number of aryl methyl sites for hydroxylation is 2. The molecule has 0 aliphatic heterocycles. The van der Waals surface area contributed by atoms with Crippen molar-refractivity contribution in [1.29, 1.82) is 0 Å². The second kappa shape index (κ2) is 39.9. The van der Waals surface area contributed by atoms with Crippen molar-refractivity contribution in [3.63, 3.8) is 0 Å². The summed E-state index contributed by atoms with van der Waals surface area (Å²) < 4.78 is 22.6. The molecular weight excluding hydrogens is 1190 g/mol. The van der Waals surface area contributed by atoms with E-state index in [1.54, 1.807) is 9.80 Å². The predicted molar refractivity (Wildman–Crippen MR) is 398 cm³/mol. The Labute approximate surface area is 573 Å². The number of benzene rings is 4. The number of alkyl carbamates (subject to hydrolysis) is 2. The number of carbonyl (C=O) groups is 4. The number of ether oxygens (including phenoxy) is 4. The summed E-state index contributed by atoms with van der Waals surface area (Å²) in [7, 11) is 0. The standard InChI is InChI=1S/C58H77N7O6.C12H19NO2.C5H12.2C2H6/c1-40-35-45(31-32-46(40)63-53(66)69-56(4,5)6)62-48-37-42(3)52(39-50(48)61-44-29-23-20-24-30-44)65(55(68)71-58(10,11)12)34-26-18-16-14-15-17-25-33-64(54(67)70-57(7,8)9)51-38-49(47(59-13)36-41(51)2)60-43-27-21-19-22-28-43;1-9-7-5-6-8-10(9)13-11(14)15-12(2,3)4;1-5(2,3)4;2*1-2/h19-24,27-30,32,35-39,60-61H,13-18,25-26,31,33-34H2,1-12H3,(H,63,66);7-8H,5-6H2,1-4H3,(H,13,14);1-4H3;2*1-2H3/p+2. The van der Waals surface area contributed by atoms with Gasteiger partial charge < -0.3 is 18.9 Å². The quantitative estimate of drug-likeness (QED) is 0.0290. The Bertz CT molecular complexity index is 3230. The molecule has 0 saturated heterocycles. The zero-order chi connectivity index (χ0) is 71.9. The average Bonchev–Trinajstić information content (AvgIpc) is 0.819. The highest BCUT2D eigenvalue weighted by Gasteiger charge is 2.29. The first-order valence-corrected chi connectivity index (χ1v) is 34.3. The van der Waals surface area contributed by atoms with Crippen LogP contribution in [0, 0.1) is 19.3 Å². The molecule has 0 radical (unpaired) electrons. The summed E-state index contributed by atoms with van der Waals surface area (Å²) in [6.07, 6.45) is 15.5. The van der Waals surface area contributed by atoms with Crippen molar-refractivity contribution in [3.8, 4) is 0 Å². The van der Waals surface area contributed by atoms with E-state index in [0.29, 0.717) is 30.6 Å². The number of hydrogen-bond donors (Lipinski definition) is 4. The zero-order valence-corrected chi connectivity index (χ0v) is 62.8.